The molecule has 3 heteroatoms. The highest BCUT2D eigenvalue weighted by atomic mass is 16.5. The van der Waals surface area contributed by atoms with Gasteiger partial charge in [-0.3, -0.25) is 4.79 Å². The van der Waals surface area contributed by atoms with Crippen molar-refractivity contribution in [1.82, 2.24) is 0 Å². The summed E-state index contributed by atoms with van der Waals surface area (Å²) in [5.74, 6) is 5.10. The Morgan fingerprint density at radius 1 is 1.32 bits per heavy atom. The number of benzene rings is 1. The fourth-order valence-corrected chi connectivity index (χ4v) is 1.31. The molecule has 1 atom stereocenters. The van der Waals surface area contributed by atoms with E-state index < -0.39 is 12.1 Å². The third-order valence-corrected chi connectivity index (χ3v) is 2.22. The van der Waals surface area contributed by atoms with Gasteiger partial charge in [0.1, 0.15) is 12.7 Å². The van der Waals surface area contributed by atoms with E-state index in [1.807, 2.05) is 51.1 Å². The van der Waals surface area contributed by atoms with Gasteiger partial charge in [-0.1, -0.05) is 42.2 Å². The lowest BCUT2D eigenvalue weighted by atomic mass is 9.97. The van der Waals surface area contributed by atoms with Crippen LogP contribution in [0.2, 0.25) is 0 Å². The van der Waals surface area contributed by atoms with Gasteiger partial charge in [-0.15, -0.1) is 0 Å². The summed E-state index contributed by atoms with van der Waals surface area (Å²) in [6.07, 6.45) is -1.07. The van der Waals surface area contributed by atoms with Crippen LogP contribution in [0.25, 0.3) is 0 Å². The van der Waals surface area contributed by atoms with Gasteiger partial charge < -0.3 is 9.84 Å². The molecular weight excluding hydrogens is 240 g/mol. The lowest BCUT2D eigenvalue weighted by Gasteiger charge is -2.09. The van der Waals surface area contributed by atoms with Gasteiger partial charge in [-0.05, 0) is 26.3 Å². The van der Waals surface area contributed by atoms with Gasteiger partial charge in [-0.2, -0.15) is 0 Å². The van der Waals surface area contributed by atoms with E-state index in [9.17, 15) is 9.90 Å². The molecule has 0 unspecified atom stereocenters. The van der Waals surface area contributed by atoms with Crippen molar-refractivity contribution in [2.75, 3.05) is 0 Å². The Balaban J connectivity index is 2.37. The molecule has 0 spiro atoms. The zero-order valence-corrected chi connectivity index (χ0v) is 11.6. The molecule has 19 heavy (non-hydrogen) atoms. The monoisotopic (exact) mass is 260 g/mol. The lowest BCUT2D eigenvalue weighted by Crippen LogP contribution is -2.15. The summed E-state index contributed by atoms with van der Waals surface area (Å²) in [7, 11) is 0. The first-order valence-electron chi connectivity index (χ1n) is 6.27. The van der Waals surface area contributed by atoms with Crippen molar-refractivity contribution < 1.29 is 14.6 Å². The van der Waals surface area contributed by atoms with Gasteiger partial charge in [-0.25, -0.2) is 0 Å². The minimum atomic E-state index is -0.970. The molecule has 1 N–H and O–H groups in total. The maximum Gasteiger partial charge on any atom is 0.309 e. The number of aliphatic hydroxyl groups is 1. The van der Waals surface area contributed by atoms with E-state index in [1.54, 1.807) is 0 Å². The average molecular weight is 260 g/mol. The van der Waals surface area contributed by atoms with Crippen LogP contribution in [0.3, 0.4) is 0 Å². The van der Waals surface area contributed by atoms with Crippen molar-refractivity contribution in [2.45, 2.75) is 39.9 Å². The lowest BCUT2D eigenvalue weighted by molar-refractivity contribution is -0.146. The van der Waals surface area contributed by atoms with Gasteiger partial charge in [0.15, 0.2) is 0 Å². The van der Waals surface area contributed by atoms with Crippen LogP contribution in [-0.4, -0.2) is 17.2 Å². The molecule has 0 saturated carbocycles. The van der Waals surface area contributed by atoms with Crippen LogP contribution >= 0.6 is 0 Å². The molecule has 3 nitrogen and oxygen atoms in total. The van der Waals surface area contributed by atoms with Gasteiger partial charge in [0, 0.05) is 5.41 Å². The third-order valence-electron chi connectivity index (χ3n) is 2.22. The van der Waals surface area contributed by atoms with E-state index in [4.69, 9.17) is 4.74 Å². The molecule has 0 aliphatic rings. The quantitative estimate of drug-likeness (QED) is 0.668. The van der Waals surface area contributed by atoms with E-state index in [0.717, 1.165) is 5.56 Å². The van der Waals surface area contributed by atoms with E-state index in [1.165, 1.54) is 0 Å². The summed E-state index contributed by atoms with van der Waals surface area (Å²) < 4.78 is 5.06. The Labute approximate surface area is 114 Å². The average Bonchev–Trinajstić information content (AvgIpc) is 2.34. The van der Waals surface area contributed by atoms with Crippen LogP contribution in [0.4, 0.5) is 0 Å². The molecular formula is C16H20O3. The van der Waals surface area contributed by atoms with Crippen LogP contribution in [0.15, 0.2) is 30.3 Å². The number of carbonyl (C=O) groups excluding carboxylic acids is 1. The number of aliphatic hydroxyl groups excluding tert-OH is 1. The van der Waals surface area contributed by atoms with Crippen LogP contribution < -0.4 is 0 Å². The Bertz CT molecular complexity index is 460. The molecule has 0 fully saturated rings. The topological polar surface area (TPSA) is 46.5 Å². The highest BCUT2D eigenvalue weighted by molar-refractivity contribution is 5.70. The second kappa shape index (κ2) is 6.96. The molecule has 0 amide bonds. The van der Waals surface area contributed by atoms with Gasteiger partial charge in [0.25, 0.3) is 0 Å². The number of carbonyl (C=O) groups is 1. The first-order chi connectivity index (χ1) is 8.87. The molecule has 0 heterocycles. The molecule has 1 aromatic carbocycles. The molecule has 102 valence electrons. The number of hydrogen-bond acceptors (Lipinski definition) is 3. The Morgan fingerprint density at radius 2 is 1.95 bits per heavy atom. The molecule has 0 aliphatic heterocycles. The number of ether oxygens (including phenoxy) is 1. The van der Waals surface area contributed by atoms with Crippen LogP contribution in [-0.2, 0) is 16.1 Å². The Hall–Kier alpha value is -1.79. The van der Waals surface area contributed by atoms with Crippen molar-refractivity contribution in [1.29, 1.82) is 0 Å². The van der Waals surface area contributed by atoms with Crippen molar-refractivity contribution in [3.63, 3.8) is 0 Å². The summed E-state index contributed by atoms with van der Waals surface area (Å²) in [5.41, 5.74) is 0.737. The number of rotatable bonds is 4. The molecule has 1 aromatic rings. The Morgan fingerprint density at radius 3 is 2.53 bits per heavy atom. The molecule has 0 aromatic heterocycles. The van der Waals surface area contributed by atoms with Crippen molar-refractivity contribution in [3.05, 3.63) is 35.9 Å². The summed E-state index contributed by atoms with van der Waals surface area (Å²) in [6.45, 7) is 6.06. The SMILES string of the molecule is CC(C)(C)C#C[C@H](O)CC(=O)OCc1ccccc1. The fourth-order valence-electron chi connectivity index (χ4n) is 1.31. The second-order valence-corrected chi connectivity index (χ2v) is 5.39. The summed E-state index contributed by atoms with van der Waals surface area (Å²) in [6, 6.07) is 9.42. The second-order valence-electron chi connectivity index (χ2n) is 5.39. The predicted molar refractivity (Wildman–Crippen MR) is 74.1 cm³/mol. The van der Waals surface area contributed by atoms with E-state index in [0.29, 0.717) is 0 Å². The summed E-state index contributed by atoms with van der Waals surface area (Å²) in [5, 5.41) is 9.61. The minimum absolute atomic E-state index is 0.101. The smallest absolute Gasteiger partial charge is 0.309 e. The van der Waals surface area contributed by atoms with E-state index in [2.05, 4.69) is 11.8 Å². The highest BCUT2D eigenvalue weighted by Gasteiger charge is 2.11. The van der Waals surface area contributed by atoms with Gasteiger partial charge >= 0.3 is 5.97 Å². The van der Waals surface area contributed by atoms with Crippen LogP contribution in [0, 0.1) is 17.3 Å². The normalized spacial score (nSPS) is 12.2. The molecule has 0 saturated heterocycles. The van der Waals surface area contributed by atoms with Crippen LogP contribution in [0.1, 0.15) is 32.8 Å². The summed E-state index contributed by atoms with van der Waals surface area (Å²) in [4.78, 5) is 11.5. The molecule has 0 aliphatic carbocycles. The largest absolute Gasteiger partial charge is 0.461 e. The van der Waals surface area contributed by atoms with Gasteiger partial charge in [0.2, 0.25) is 0 Å². The fraction of sp³-hybridized carbons (Fsp3) is 0.438. The maximum absolute atomic E-state index is 11.5. The highest BCUT2D eigenvalue weighted by Crippen LogP contribution is 2.10. The molecule has 0 radical (unpaired) electrons. The number of hydrogen-bond donors (Lipinski definition) is 1. The van der Waals surface area contributed by atoms with E-state index >= 15 is 0 Å². The Kier molecular flexibility index (Phi) is 5.59. The standard InChI is InChI=1S/C16H20O3/c1-16(2,3)10-9-14(17)11-15(18)19-12-13-7-5-4-6-8-13/h4-8,14,17H,11-12H2,1-3H3/t14-/m0/s1. The first kappa shape index (κ1) is 15.3. The predicted octanol–water partition coefficient (Wildman–Crippen LogP) is 2.53. The van der Waals surface area contributed by atoms with Crippen molar-refractivity contribution >= 4 is 5.97 Å². The van der Waals surface area contributed by atoms with E-state index in [-0.39, 0.29) is 18.4 Å². The van der Waals surface area contributed by atoms with Crippen molar-refractivity contribution in [2.24, 2.45) is 5.41 Å². The minimum Gasteiger partial charge on any atom is -0.461 e. The zero-order chi connectivity index (χ0) is 14.3. The zero-order valence-electron chi connectivity index (χ0n) is 11.6. The van der Waals surface area contributed by atoms with Crippen LogP contribution in [0.5, 0.6) is 0 Å². The number of esters is 1. The molecule has 0 bridgehead atoms. The third kappa shape index (κ3) is 7.28. The van der Waals surface area contributed by atoms with Gasteiger partial charge in [0.05, 0.1) is 6.42 Å². The van der Waals surface area contributed by atoms with Crippen molar-refractivity contribution in [3.8, 4) is 11.8 Å². The molecule has 1 rings (SSSR count). The maximum atomic E-state index is 11.5. The summed E-state index contributed by atoms with van der Waals surface area (Å²) >= 11 is 0. The first-order valence-corrected chi connectivity index (χ1v) is 6.27.